The smallest absolute Gasteiger partial charge is 0.303 e. The molecule has 0 saturated carbocycles. The highest BCUT2D eigenvalue weighted by Crippen LogP contribution is 2.18. The number of aryl methyl sites for hydroxylation is 1. The summed E-state index contributed by atoms with van der Waals surface area (Å²) < 4.78 is 27.1. The van der Waals surface area contributed by atoms with Crippen LogP contribution in [0.3, 0.4) is 0 Å². The average molecular weight is 313 g/mol. The van der Waals surface area contributed by atoms with E-state index in [2.05, 4.69) is 4.72 Å². The molecule has 6 heteroatoms. The van der Waals surface area contributed by atoms with Crippen molar-refractivity contribution in [3.63, 3.8) is 0 Å². The first-order valence-corrected chi connectivity index (χ1v) is 8.47. The second-order valence-corrected chi connectivity index (χ2v) is 7.45. The fourth-order valence-corrected chi connectivity index (χ4v) is 3.68. The topological polar surface area (TPSA) is 83.5 Å². The lowest BCUT2D eigenvalue weighted by Gasteiger charge is -2.18. The lowest BCUT2D eigenvalue weighted by atomic mass is 9.94. The van der Waals surface area contributed by atoms with Gasteiger partial charge >= 0.3 is 5.97 Å². The third kappa shape index (κ3) is 5.85. The van der Waals surface area contributed by atoms with Crippen LogP contribution in [0.1, 0.15) is 32.3 Å². The largest absolute Gasteiger partial charge is 0.481 e. The molecule has 1 aromatic carbocycles. The van der Waals surface area contributed by atoms with Crippen molar-refractivity contribution in [1.82, 2.24) is 4.72 Å². The van der Waals surface area contributed by atoms with Crippen LogP contribution in [-0.4, -0.2) is 26.0 Å². The third-order valence-electron chi connectivity index (χ3n) is 3.21. The Hall–Kier alpha value is -1.40. The van der Waals surface area contributed by atoms with Crippen LogP contribution in [0.25, 0.3) is 0 Å². The van der Waals surface area contributed by atoms with Gasteiger partial charge in [-0.05, 0) is 36.8 Å². The van der Waals surface area contributed by atoms with Crippen LogP contribution in [0.15, 0.2) is 29.2 Å². The van der Waals surface area contributed by atoms with Crippen LogP contribution < -0.4 is 4.72 Å². The van der Waals surface area contributed by atoms with Gasteiger partial charge in [0.05, 0.1) is 4.90 Å². The summed E-state index contributed by atoms with van der Waals surface area (Å²) >= 11 is 0. The number of aliphatic carboxylic acids is 1. The van der Waals surface area contributed by atoms with Gasteiger partial charge in [-0.3, -0.25) is 4.79 Å². The Labute approximate surface area is 126 Å². The number of sulfonamides is 1. The van der Waals surface area contributed by atoms with Crippen molar-refractivity contribution < 1.29 is 18.3 Å². The molecule has 1 atom stereocenters. The number of rotatable bonds is 8. The number of hydrogen-bond donors (Lipinski definition) is 2. The zero-order valence-electron chi connectivity index (χ0n) is 12.7. The van der Waals surface area contributed by atoms with Crippen LogP contribution >= 0.6 is 0 Å². The minimum Gasteiger partial charge on any atom is -0.481 e. The lowest BCUT2D eigenvalue weighted by Crippen LogP contribution is -2.31. The summed E-state index contributed by atoms with van der Waals surface area (Å²) in [4.78, 5) is 11.1. The first-order chi connectivity index (χ1) is 9.72. The maximum atomic E-state index is 12.3. The van der Waals surface area contributed by atoms with Crippen molar-refractivity contribution in [2.24, 2.45) is 11.8 Å². The van der Waals surface area contributed by atoms with Crippen LogP contribution in [-0.2, 0) is 14.8 Å². The molecule has 5 nitrogen and oxygen atoms in total. The summed E-state index contributed by atoms with van der Waals surface area (Å²) in [5.41, 5.74) is 0.670. The zero-order chi connectivity index (χ0) is 16.0. The van der Waals surface area contributed by atoms with Gasteiger partial charge < -0.3 is 5.11 Å². The summed E-state index contributed by atoms with van der Waals surface area (Å²) in [5, 5.41) is 8.91. The lowest BCUT2D eigenvalue weighted by molar-refractivity contribution is -0.138. The minimum atomic E-state index is -3.60. The van der Waals surface area contributed by atoms with E-state index < -0.39 is 16.0 Å². The van der Waals surface area contributed by atoms with Gasteiger partial charge in [-0.25, -0.2) is 13.1 Å². The molecule has 1 aromatic rings. The molecule has 0 saturated heterocycles. The van der Waals surface area contributed by atoms with E-state index in [1.165, 1.54) is 0 Å². The number of carbonyl (C=O) groups is 1. The van der Waals surface area contributed by atoms with E-state index in [1.54, 1.807) is 31.2 Å². The Kier molecular flexibility index (Phi) is 6.36. The SMILES string of the molecule is Cc1ccccc1S(=O)(=O)NC[C@H](CC(=O)O)CC(C)C. The van der Waals surface area contributed by atoms with E-state index in [-0.39, 0.29) is 23.8 Å². The standard InChI is InChI=1S/C15H23NO4S/c1-11(2)8-13(9-15(17)18)10-16-21(19,20)14-7-5-4-6-12(14)3/h4-7,11,13,16H,8-10H2,1-3H3,(H,17,18)/t13-/m0/s1. The predicted molar refractivity (Wildman–Crippen MR) is 81.6 cm³/mol. The van der Waals surface area contributed by atoms with Crippen molar-refractivity contribution in [2.45, 2.75) is 38.5 Å². The molecule has 0 aliphatic heterocycles. The highest BCUT2D eigenvalue weighted by molar-refractivity contribution is 7.89. The van der Waals surface area contributed by atoms with Gasteiger partial charge in [0.25, 0.3) is 0 Å². The molecular weight excluding hydrogens is 290 g/mol. The third-order valence-corrected chi connectivity index (χ3v) is 4.80. The maximum absolute atomic E-state index is 12.3. The molecule has 0 amide bonds. The molecule has 2 N–H and O–H groups in total. The molecule has 0 unspecified atom stereocenters. The average Bonchev–Trinajstić information content (AvgIpc) is 2.35. The second-order valence-electron chi connectivity index (χ2n) is 5.71. The Bertz CT molecular complexity index is 581. The maximum Gasteiger partial charge on any atom is 0.303 e. The molecule has 0 bridgehead atoms. The van der Waals surface area contributed by atoms with Crippen LogP contribution in [0.5, 0.6) is 0 Å². The molecule has 0 aromatic heterocycles. The van der Waals surface area contributed by atoms with Crippen molar-refractivity contribution >= 4 is 16.0 Å². The van der Waals surface area contributed by atoms with E-state index in [0.717, 1.165) is 0 Å². The Balaban J connectivity index is 2.78. The highest BCUT2D eigenvalue weighted by atomic mass is 32.2. The van der Waals surface area contributed by atoms with Gasteiger partial charge in [0.2, 0.25) is 10.0 Å². The molecule has 21 heavy (non-hydrogen) atoms. The monoisotopic (exact) mass is 313 g/mol. The fourth-order valence-electron chi connectivity index (χ4n) is 2.32. The van der Waals surface area contributed by atoms with E-state index in [4.69, 9.17) is 5.11 Å². The highest BCUT2D eigenvalue weighted by Gasteiger charge is 2.20. The predicted octanol–water partition coefficient (Wildman–Crippen LogP) is 2.41. The van der Waals surface area contributed by atoms with Gasteiger partial charge in [-0.1, -0.05) is 32.0 Å². The van der Waals surface area contributed by atoms with E-state index in [9.17, 15) is 13.2 Å². The molecule has 0 fully saturated rings. The number of carboxylic acid groups (broad SMARTS) is 1. The van der Waals surface area contributed by atoms with Crippen LogP contribution in [0.2, 0.25) is 0 Å². The van der Waals surface area contributed by atoms with Gasteiger partial charge in [0, 0.05) is 13.0 Å². The summed E-state index contributed by atoms with van der Waals surface area (Å²) in [6, 6.07) is 6.73. The van der Waals surface area contributed by atoms with E-state index >= 15 is 0 Å². The van der Waals surface area contributed by atoms with Crippen LogP contribution in [0.4, 0.5) is 0 Å². The normalized spacial score (nSPS) is 13.3. The molecular formula is C15H23NO4S. The van der Waals surface area contributed by atoms with Crippen molar-refractivity contribution in [3.8, 4) is 0 Å². The number of benzene rings is 1. The fraction of sp³-hybridized carbons (Fsp3) is 0.533. The molecule has 0 aliphatic carbocycles. The second kappa shape index (κ2) is 7.56. The Morgan fingerprint density at radius 2 is 1.90 bits per heavy atom. The van der Waals surface area contributed by atoms with E-state index in [1.807, 2.05) is 13.8 Å². The van der Waals surface area contributed by atoms with Gasteiger partial charge in [-0.2, -0.15) is 0 Å². The molecule has 118 valence electrons. The molecule has 0 aliphatic rings. The Morgan fingerprint density at radius 1 is 1.29 bits per heavy atom. The van der Waals surface area contributed by atoms with Gasteiger partial charge in [0.15, 0.2) is 0 Å². The van der Waals surface area contributed by atoms with Crippen molar-refractivity contribution in [3.05, 3.63) is 29.8 Å². The molecule has 0 spiro atoms. The summed E-state index contributed by atoms with van der Waals surface area (Å²) in [6.07, 6.45) is 0.636. The van der Waals surface area contributed by atoms with E-state index in [0.29, 0.717) is 17.9 Å². The molecule has 1 rings (SSSR count). The Morgan fingerprint density at radius 3 is 2.43 bits per heavy atom. The number of nitrogens with one attached hydrogen (secondary N) is 1. The van der Waals surface area contributed by atoms with Gasteiger partial charge in [-0.15, -0.1) is 0 Å². The summed E-state index contributed by atoms with van der Waals surface area (Å²) in [6.45, 7) is 5.86. The van der Waals surface area contributed by atoms with Crippen LogP contribution in [0, 0.1) is 18.8 Å². The number of hydrogen-bond acceptors (Lipinski definition) is 3. The van der Waals surface area contributed by atoms with Crippen molar-refractivity contribution in [2.75, 3.05) is 6.54 Å². The first-order valence-electron chi connectivity index (χ1n) is 6.99. The summed E-state index contributed by atoms with van der Waals surface area (Å²) in [7, 11) is -3.60. The zero-order valence-corrected chi connectivity index (χ0v) is 13.5. The minimum absolute atomic E-state index is 0.0333. The number of carboxylic acids is 1. The summed E-state index contributed by atoms with van der Waals surface area (Å²) in [5.74, 6) is -0.797. The van der Waals surface area contributed by atoms with Gasteiger partial charge in [0.1, 0.15) is 0 Å². The molecule has 0 radical (unpaired) electrons. The first kappa shape index (κ1) is 17.7. The quantitative estimate of drug-likeness (QED) is 0.772. The molecule has 0 heterocycles. The van der Waals surface area contributed by atoms with Crippen molar-refractivity contribution in [1.29, 1.82) is 0 Å².